The Bertz CT molecular complexity index is 417. The Morgan fingerprint density at radius 1 is 1.35 bits per heavy atom. The average Bonchev–Trinajstić information content (AvgIpc) is 2.99. The zero-order valence-electron chi connectivity index (χ0n) is 11.2. The monoisotopic (exact) mass is 234 g/mol. The van der Waals surface area contributed by atoms with Crippen molar-refractivity contribution >= 4 is 0 Å². The maximum atomic E-state index is 10.1. The van der Waals surface area contributed by atoms with Crippen LogP contribution < -0.4 is 4.74 Å². The van der Waals surface area contributed by atoms with Crippen LogP contribution in [0.2, 0.25) is 0 Å². The van der Waals surface area contributed by atoms with E-state index in [2.05, 4.69) is 32.9 Å². The zero-order chi connectivity index (χ0) is 12.6. The largest absolute Gasteiger partial charge is 0.496 e. The van der Waals surface area contributed by atoms with Crippen LogP contribution in [0.15, 0.2) is 12.1 Å². The summed E-state index contributed by atoms with van der Waals surface area (Å²) in [4.78, 5) is 0. The van der Waals surface area contributed by atoms with Gasteiger partial charge in [0.1, 0.15) is 5.75 Å². The first kappa shape index (κ1) is 12.4. The van der Waals surface area contributed by atoms with Gasteiger partial charge >= 0.3 is 0 Å². The number of rotatable bonds is 4. The van der Waals surface area contributed by atoms with E-state index < -0.39 is 5.60 Å². The SMILES string of the molecule is COc1c(C(C)C)ccc(C)c1CC1(O)CC1. The van der Waals surface area contributed by atoms with Gasteiger partial charge in [0.25, 0.3) is 0 Å². The van der Waals surface area contributed by atoms with Crippen LogP contribution in [0, 0.1) is 6.92 Å². The first-order valence-corrected chi connectivity index (χ1v) is 6.35. The molecule has 2 heteroatoms. The summed E-state index contributed by atoms with van der Waals surface area (Å²) >= 11 is 0. The predicted molar refractivity (Wildman–Crippen MR) is 69.7 cm³/mol. The van der Waals surface area contributed by atoms with Gasteiger partial charge < -0.3 is 9.84 Å². The molecule has 2 nitrogen and oxygen atoms in total. The normalized spacial score (nSPS) is 17.3. The van der Waals surface area contributed by atoms with Crippen LogP contribution in [0.3, 0.4) is 0 Å². The lowest BCUT2D eigenvalue weighted by Gasteiger charge is -2.20. The summed E-state index contributed by atoms with van der Waals surface area (Å²) in [7, 11) is 1.72. The number of ether oxygens (including phenoxy) is 1. The van der Waals surface area contributed by atoms with Gasteiger partial charge in [-0.3, -0.25) is 0 Å². The van der Waals surface area contributed by atoms with Gasteiger partial charge in [-0.2, -0.15) is 0 Å². The molecule has 1 fully saturated rings. The van der Waals surface area contributed by atoms with E-state index in [1.54, 1.807) is 7.11 Å². The minimum Gasteiger partial charge on any atom is -0.496 e. The molecule has 0 saturated heterocycles. The molecular formula is C15H22O2. The van der Waals surface area contributed by atoms with Gasteiger partial charge in [-0.15, -0.1) is 0 Å². The number of methoxy groups -OCH3 is 1. The Morgan fingerprint density at radius 3 is 2.47 bits per heavy atom. The summed E-state index contributed by atoms with van der Waals surface area (Å²) in [5, 5.41) is 10.1. The van der Waals surface area contributed by atoms with E-state index in [1.807, 2.05) is 0 Å². The Morgan fingerprint density at radius 2 is 2.00 bits per heavy atom. The highest BCUT2D eigenvalue weighted by molar-refractivity contribution is 5.48. The van der Waals surface area contributed by atoms with E-state index in [-0.39, 0.29) is 0 Å². The average molecular weight is 234 g/mol. The van der Waals surface area contributed by atoms with Gasteiger partial charge in [0.15, 0.2) is 0 Å². The van der Waals surface area contributed by atoms with Crippen LogP contribution in [0.1, 0.15) is 49.3 Å². The van der Waals surface area contributed by atoms with Crippen molar-refractivity contribution in [1.82, 2.24) is 0 Å². The number of benzene rings is 1. The van der Waals surface area contributed by atoms with Crippen molar-refractivity contribution in [3.05, 3.63) is 28.8 Å². The highest BCUT2D eigenvalue weighted by Gasteiger charge is 2.41. The summed E-state index contributed by atoms with van der Waals surface area (Å²) in [6, 6.07) is 4.28. The van der Waals surface area contributed by atoms with E-state index in [4.69, 9.17) is 4.74 Å². The topological polar surface area (TPSA) is 29.5 Å². The van der Waals surface area contributed by atoms with Crippen molar-refractivity contribution in [3.8, 4) is 5.75 Å². The molecule has 0 unspecified atom stereocenters. The molecular weight excluding hydrogens is 212 g/mol. The van der Waals surface area contributed by atoms with Gasteiger partial charge in [0.2, 0.25) is 0 Å². The fourth-order valence-electron chi connectivity index (χ4n) is 2.31. The highest BCUT2D eigenvalue weighted by Crippen LogP contribution is 2.42. The molecule has 1 aliphatic rings. The molecule has 2 rings (SSSR count). The molecule has 0 atom stereocenters. The summed E-state index contributed by atoms with van der Waals surface area (Å²) in [6.07, 6.45) is 2.56. The second kappa shape index (κ2) is 4.34. The third-order valence-electron chi connectivity index (χ3n) is 3.68. The maximum absolute atomic E-state index is 10.1. The predicted octanol–water partition coefficient (Wildman–Crippen LogP) is 3.19. The van der Waals surface area contributed by atoms with E-state index in [0.717, 1.165) is 25.0 Å². The number of hydrogen-bond donors (Lipinski definition) is 1. The molecule has 0 aromatic heterocycles. The summed E-state index contributed by atoms with van der Waals surface area (Å²) in [5.41, 5.74) is 3.16. The Kier molecular flexibility index (Phi) is 3.17. The molecule has 0 spiro atoms. The van der Waals surface area contributed by atoms with Crippen LogP contribution in [-0.4, -0.2) is 17.8 Å². The smallest absolute Gasteiger partial charge is 0.125 e. The number of hydrogen-bond acceptors (Lipinski definition) is 2. The van der Waals surface area contributed by atoms with E-state index in [0.29, 0.717) is 5.92 Å². The van der Waals surface area contributed by atoms with Crippen molar-refractivity contribution in [1.29, 1.82) is 0 Å². The fraction of sp³-hybridized carbons (Fsp3) is 0.600. The molecule has 0 radical (unpaired) electrons. The second-order valence-electron chi connectivity index (χ2n) is 5.54. The molecule has 94 valence electrons. The molecule has 1 saturated carbocycles. The second-order valence-corrected chi connectivity index (χ2v) is 5.54. The van der Waals surface area contributed by atoms with Gasteiger partial charge in [-0.05, 0) is 36.8 Å². The minimum atomic E-state index is -0.465. The first-order valence-electron chi connectivity index (χ1n) is 6.35. The maximum Gasteiger partial charge on any atom is 0.125 e. The summed E-state index contributed by atoms with van der Waals surface area (Å²) < 4.78 is 5.58. The zero-order valence-corrected chi connectivity index (χ0v) is 11.2. The molecule has 0 heterocycles. The Balaban J connectivity index is 2.43. The van der Waals surface area contributed by atoms with Gasteiger partial charge in [0, 0.05) is 12.0 Å². The van der Waals surface area contributed by atoms with Crippen LogP contribution >= 0.6 is 0 Å². The molecule has 1 aromatic carbocycles. The molecule has 1 aliphatic carbocycles. The van der Waals surface area contributed by atoms with Crippen molar-refractivity contribution in [2.75, 3.05) is 7.11 Å². The molecule has 17 heavy (non-hydrogen) atoms. The minimum absolute atomic E-state index is 0.443. The molecule has 0 amide bonds. The Hall–Kier alpha value is -1.02. The molecule has 1 N–H and O–H groups in total. The summed E-state index contributed by atoms with van der Waals surface area (Å²) in [5.74, 6) is 1.42. The molecule has 0 aliphatic heterocycles. The van der Waals surface area contributed by atoms with Crippen LogP contribution in [0.4, 0.5) is 0 Å². The lowest BCUT2D eigenvalue weighted by molar-refractivity contribution is 0.149. The van der Waals surface area contributed by atoms with Crippen LogP contribution in [0.25, 0.3) is 0 Å². The lowest BCUT2D eigenvalue weighted by atomic mass is 9.92. The Labute approximate surface area is 104 Å². The summed E-state index contributed by atoms with van der Waals surface area (Å²) in [6.45, 7) is 6.43. The van der Waals surface area contributed by atoms with Gasteiger partial charge in [-0.25, -0.2) is 0 Å². The third-order valence-corrected chi connectivity index (χ3v) is 3.68. The van der Waals surface area contributed by atoms with E-state index >= 15 is 0 Å². The van der Waals surface area contributed by atoms with Crippen molar-refractivity contribution in [2.24, 2.45) is 0 Å². The van der Waals surface area contributed by atoms with Crippen molar-refractivity contribution in [2.45, 2.75) is 51.6 Å². The third kappa shape index (κ3) is 2.47. The van der Waals surface area contributed by atoms with E-state index in [9.17, 15) is 5.11 Å². The van der Waals surface area contributed by atoms with E-state index in [1.165, 1.54) is 16.7 Å². The van der Waals surface area contributed by atoms with Crippen molar-refractivity contribution < 1.29 is 9.84 Å². The van der Waals surface area contributed by atoms with Crippen molar-refractivity contribution in [3.63, 3.8) is 0 Å². The fourth-order valence-corrected chi connectivity index (χ4v) is 2.31. The highest BCUT2D eigenvalue weighted by atomic mass is 16.5. The lowest BCUT2D eigenvalue weighted by Crippen LogP contribution is -2.13. The van der Waals surface area contributed by atoms with Crippen LogP contribution in [-0.2, 0) is 6.42 Å². The first-order chi connectivity index (χ1) is 7.97. The van der Waals surface area contributed by atoms with Gasteiger partial charge in [0.05, 0.1) is 12.7 Å². The quantitative estimate of drug-likeness (QED) is 0.867. The molecule has 1 aromatic rings. The number of aliphatic hydroxyl groups is 1. The van der Waals surface area contributed by atoms with Crippen LogP contribution in [0.5, 0.6) is 5.75 Å². The van der Waals surface area contributed by atoms with Gasteiger partial charge in [-0.1, -0.05) is 26.0 Å². The number of aryl methyl sites for hydroxylation is 1. The standard InChI is InChI=1S/C15H22O2/c1-10(2)12-6-5-11(3)13(14(12)17-4)9-15(16)7-8-15/h5-6,10,16H,7-9H2,1-4H3. The molecule has 0 bridgehead atoms.